The first-order valence-corrected chi connectivity index (χ1v) is 8.88. The fourth-order valence-electron chi connectivity index (χ4n) is 2.95. The van der Waals surface area contributed by atoms with Gasteiger partial charge < -0.3 is 14.3 Å². The van der Waals surface area contributed by atoms with Crippen molar-refractivity contribution in [2.45, 2.75) is 20.4 Å². The van der Waals surface area contributed by atoms with Gasteiger partial charge in [-0.1, -0.05) is 41.0 Å². The number of aromatic nitrogens is 1. The number of benzene rings is 2. The smallest absolute Gasteiger partial charge is 0.287 e. The fraction of sp³-hybridized carbons (Fsp3) is 0.143. The lowest BCUT2D eigenvalue weighted by atomic mass is 10.1. The quantitative estimate of drug-likeness (QED) is 0.522. The maximum atomic E-state index is 12.5. The summed E-state index contributed by atoms with van der Waals surface area (Å²) in [5.74, 6) is 0.580. The van der Waals surface area contributed by atoms with E-state index in [2.05, 4.69) is 10.5 Å². The topological polar surface area (TPSA) is 68.3 Å². The van der Waals surface area contributed by atoms with Gasteiger partial charge in [-0.25, -0.2) is 0 Å². The van der Waals surface area contributed by atoms with Crippen LogP contribution >= 0.6 is 11.6 Å². The molecule has 4 aromatic rings. The Bertz CT molecular complexity index is 1130. The molecule has 0 aliphatic rings. The molecule has 0 spiro atoms. The molecule has 0 fully saturated rings. The molecule has 0 aliphatic carbocycles. The highest BCUT2D eigenvalue weighted by Gasteiger charge is 2.18. The van der Waals surface area contributed by atoms with E-state index < -0.39 is 0 Å². The van der Waals surface area contributed by atoms with Crippen molar-refractivity contribution in [3.8, 4) is 11.3 Å². The molecule has 2 aromatic heterocycles. The molecule has 2 aromatic carbocycles. The van der Waals surface area contributed by atoms with E-state index in [0.717, 1.165) is 22.1 Å². The highest BCUT2D eigenvalue weighted by atomic mass is 35.5. The van der Waals surface area contributed by atoms with E-state index in [1.165, 1.54) is 0 Å². The molecule has 0 saturated carbocycles. The maximum absolute atomic E-state index is 12.5. The van der Waals surface area contributed by atoms with Crippen LogP contribution in [-0.4, -0.2) is 11.1 Å². The molecule has 1 amide bonds. The monoisotopic (exact) mass is 380 g/mol. The van der Waals surface area contributed by atoms with Gasteiger partial charge in [0.05, 0.1) is 6.54 Å². The van der Waals surface area contributed by atoms with Crippen LogP contribution in [-0.2, 0) is 6.54 Å². The highest BCUT2D eigenvalue weighted by molar-refractivity contribution is 6.30. The standard InChI is InChI=1S/C21H17ClN2O3/c1-12-3-8-17-13(2)20(26-19(17)9-12)21(25)23-11-16-10-18(24-27-16)14-4-6-15(22)7-5-14/h3-10H,11H2,1-2H3,(H,23,25). The molecular weight excluding hydrogens is 364 g/mol. The van der Waals surface area contributed by atoms with E-state index in [-0.39, 0.29) is 12.5 Å². The van der Waals surface area contributed by atoms with Crippen LogP contribution < -0.4 is 5.32 Å². The van der Waals surface area contributed by atoms with Crippen molar-refractivity contribution in [2.24, 2.45) is 0 Å². The fourth-order valence-corrected chi connectivity index (χ4v) is 3.08. The van der Waals surface area contributed by atoms with Gasteiger partial charge in [-0.3, -0.25) is 4.79 Å². The third-order valence-corrected chi connectivity index (χ3v) is 4.67. The first-order valence-electron chi connectivity index (χ1n) is 8.51. The molecule has 0 bridgehead atoms. The van der Waals surface area contributed by atoms with Crippen molar-refractivity contribution in [1.29, 1.82) is 0 Å². The summed E-state index contributed by atoms with van der Waals surface area (Å²) < 4.78 is 11.1. The van der Waals surface area contributed by atoms with Crippen molar-refractivity contribution < 1.29 is 13.7 Å². The Morgan fingerprint density at radius 1 is 1.11 bits per heavy atom. The molecule has 4 rings (SSSR count). The number of hydrogen-bond donors (Lipinski definition) is 1. The normalized spacial score (nSPS) is 11.1. The Hall–Kier alpha value is -3.05. The summed E-state index contributed by atoms with van der Waals surface area (Å²) in [5, 5.41) is 8.45. The minimum absolute atomic E-state index is 0.217. The van der Waals surface area contributed by atoms with Gasteiger partial charge in [-0.2, -0.15) is 0 Å². The maximum Gasteiger partial charge on any atom is 0.287 e. The molecule has 0 radical (unpaired) electrons. The van der Waals surface area contributed by atoms with Gasteiger partial charge in [-0.05, 0) is 37.6 Å². The number of aryl methyl sites for hydroxylation is 2. The lowest BCUT2D eigenvalue weighted by molar-refractivity contribution is 0.0920. The van der Waals surface area contributed by atoms with Crippen molar-refractivity contribution in [2.75, 3.05) is 0 Å². The minimum Gasteiger partial charge on any atom is -0.451 e. The predicted molar refractivity (Wildman–Crippen MR) is 104 cm³/mol. The number of nitrogens with one attached hydrogen (secondary N) is 1. The lowest BCUT2D eigenvalue weighted by Crippen LogP contribution is -2.22. The summed E-state index contributed by atoms with van der Waals surface area (Å²) in [6.07, 6.45) is 0. The van der Waals surface area contributed by atoms with E-state index in [0.29, 0.717) is 27.8 Å². The average molecular weight is 381 g/mol. The first kappa shape index (κ1) is 17.4. The molecule has 0 atom stereocenters. The summed E-state index contributed by atoms with van der Waals surface area (Å²) in [6.45, 7) is 4.08. The van der Waals surface area contributed by atoms with E-state index >= 15 is 0 Å². The highest BCUT2D eigenvalue weighted by Crippen LogP contribution is 2.26. The number of carbonyl (C=O) groups is 1. The predicted octanol–water partition coefficient (Wildman–Crippen LogP) is 5.29. The Morgan fingerprint density at radius 3 is 2.67 bits per heavy atom. The number of rotatable bonds is 4. The summed E-state index contributed by atoms with van der Waals surface area (Å²) in [5.41, 5.74) is 4.19. The molecule has 6 heteroatoms. The number of furan rings is 1. The molecule has 2 heterocycles. The zero-order valence-electron chi connectivity index (χ0n) is 14.9. The first-order chi connectivity index (χ1) is 13.0. The molecule has 136 valence electrons. The van der Waals surface area contributed by atoms with Crippen LogP contribution in [0, 0.1) is 13.8 Å². The second-order valence-electron chi connectivity index (χ2n) is 6.42. The van der Waals surface area contributed by atoms with Crippen LogP contribution in [0.2, 0.25) is 5.02 Å². The number of halogens is 1. The Morgan fingerprint density at radius 2 is 1.89 bits per heavy atom. The van der Waals surface area contributed by atoms with Gasteiger partial charge in [0.25, 0.3) is 5.91 Å². The van der Waals surface area contributed by atoms with Crippen LogP contribution in [0.15, 0.2) is 57.5 Å². The second-order valence-corrected chi connectivity index (χ2v) is 6.86. The van der Waals surface area contributed by atoms with Gasteiger partial charge in [0, 0.05) is 27.6 Å². The molecule has 5 nitrogen and oxygen atoms in total. The molecule has 0 aliphatic heterocycles. The molecular formula is C21H17ClN2O3. The number of amides is 1. The summed E-state index contributed by atoms with van der Waals surface area (Å²) in [6, 6.07) is 15.0. The van der Waals surface area contributed by atoms with Crippen molar-refractivity contribution in [3.63, 3.8) is 0 Å². The van der Waals surface area contributed by atoms with Crippen molar-refractivity contribution in [1.82, 2.24) is 10.5 Å². The number of nitrogens with zero attached hydrogens (tertiary/aromatic N) is 1. The van der Waals surface area contributed by atoms with Crippen LogP contribution in [0.5, 0.6) is 0 Å². The second kappa shape index (κ2) is 6.93. The molecule has 0 saturated heterocycles. The van der Waals surface area contributed by atoms with Crippen LogP contribution in [0.4, 0.5) is 0 Å². The summed E-state index contributed by atoms with van der Waals surface area (Å²) in [4.78, 5) is 12.5. The lowest BCUT2D eigenvalue weighted by Gasteiger charge is -2.00. The minimum atomic E-state index is -0.286. The van der Waals surface area contributed by atoms with E-state index in [1.807, 2.05) is 44.2 Å². The number of carbonyl (C=O) groups excluding carboxylic acids is 1. The van der Waals surface area contributed by atoms with Crippen molar-refractivity contribution >= 4 is 28.5 Å². The molecule has 1 N–H and O–H groups in total. The zero-order chi connectivity index (χ0) is 19.0. The van der Waals surface area contributed by atoms with E-state index in [9.17, 15) is 4.79 Å². The zero-order valence-corrected chi connectivity index (χ0v) is 15.6. The number of hydrogen-bond acceptors (Lipinski definition) is 4. The van der Waals surface area contributed by atoms with E-state index in [4.69, 9.17) is 20.5 Å². The molecule has 0 unspecified atom stereocenters. The Labute approximate surface area is 160 Å². The van der Waals surface area contributed by atoms with Crippen LogP contribution in [0.25, 0.3) is 22.2 Å². The third kappa shape index (κ3) is 3.46. The van der Waals surface area contributed by atoms with Crippen LogP contribution in [0.3, 0.4) is 0 Å². The average Bonchev–Trinajstić information content (AvgIpc) is 3.25. The Kier molecular flexibility index (Phi) is 4.46. The summed E-state index contributed by atoms with van der Waals surface area (Å²) in [7, 11) is 0. The van der Waals surface area contributed by atoms with E-state index in [1.54, 1.807) is 18.2 Å². The largest absolute Gasteiger partial charge is 0.451 e. The summed E-state index contributed by atoms with van der Waals surface area (Å²) >= 11 is 5.90. The van der Waals surface area contributed by atoms with Crippen molar-refractivity contribution in [3.05, 3.63) is 76.2 Å². The number of fused-ring (bicyclic) bond motifs is 1. The van der Waals surface area contributed by atoms with Gasteiger partial charge >= 0.3 is 0 Å². The molecule has 27 heavy (non-hydrogen) atoms. The van der Waals surface area contributed by atoms with Crippen LogP contribution in [0.1, 0.15) is 27.4 Å². The van der Waals surface area contributed by atoms with Gasteiger partial charge in [0.15, 0.2) is 11.5 Å². The Balaban J connectivity index is 1.48. The SMILES string of the molecule is Cc1ccc2c(C)c(C(=O)NCc3cc(-c4ccc(Cl)cc4)no3)oc2c1. The third-order valence-electron chi connectivity index (χ3n) is 4.42. The van der Waals surface area contributed by atoms with Gasteiger partial charge in [-0.15, -0.1) is 0 Å². The van der Waals surface area contributed by atoms with Gasteiger partial charge in [0.1, 0.15) is 11.3 Å². The van der Waals surface area contributed by atoms with Gasteiger partial charge in [0.2, 0.25) is 0 Å².